The number of cyclic esters (lactones) is 1. The predicted molar refractivity (Wildman–Crippen MR) is 281 cm³/mol. The Labute approximate surface area is 449 Å². The number of ether oxygens (including phenoxy) is 7. The van der Waals surface area contributed by atoms with Crippen molar-refractivity contribution in [2.24, 2.45) is 28.8 Å². The van der Waals surface area contributed by atoms with Crippen molar-refractivity contribution >= 4 is 17.6 Å². The van der Waals surface area contributed by atoms with Crippen molar-refractivity contribution in [2.45, 2.75) is 205 Å². The average molecular weight is 1080 g/mol. The van der Waals surface area contributed by atoms with Crippen molar-refractivity contribution in [3.05, 3.63) is 53.9 Å². The number of alkyl halides is 1. The molecule has 3 fully saturated rings. The van der Waals surface area contributed by atoms with Gasteiger partial charge in [-0.25, -0.2) is 4.39 Å². The molecule has 20 atom stereocenters. The molecule has 0 spiro atoms. The summed E-state index contributed by atoms with van der Waals surface area (Å²) in [5, 5.41) is 65.6. The Hall–Kier alpha value is -3.77. The molecular formula is C56H89FN4O15. The summed E-state index contributed by atoms with van der Waals surface area (Å²) in [6.45, 7) is 18.3. The van der Waals surface area contributed by atoms with Gasteiger partial charge in [-0.2, -0.15) is 0 Å². The van der Waals surface area contributed by atoms with E-state index in [0.29, 0.717) is 17.7 Å². The highest BCUT2D eigenvalue weighted by Gasteiger charge is 2.54. The van der Waals surface area contributed by atoms with E-state index in [4.69, 9.17) is 38.0 Å². The van der Waals surface area contributed by atoms with E-state index in [1.807, 2.05) is 63.8 Å². The first-order valence-corrected chi connectivity index (χ1v) is 26.8. The van der Waals surface area contributed by atoms with Crippen LogP contribution in [0, 0.1) is 30.6 Å². The van der Waals surface area contributed by atoms with Gasteiger partial charge in [0, 0.05) is 74.9 Å². The number of aliphatic hydroxyl groups is 5. The molecule has 4 heterocycles. The molecule has 1 amide bonds. The van der Waals surface area contributed by atoms with Crippen LogP contribution in [0.4, 0.5) is 4.39 Å². The molecule has 0 saturated carbocycles. The molecule has 0 aliphatic carbocycles. The van der Waals surface area contributed by atoms with Crippen LogP contribution in [-0.4, -0.2) is 185 Å². The summed E-state index contributed by atoms with van der Waals surface area (Å²) in [6, 6.07) is 9.01. The monoisotopic (exact) mass is 1080 g/mol. The fraction of sp³-hybridized carbons (Fsp3) is 0.750. The van der Waals surface area contributed by atoms with Crippen molar-refractivity contribution in [1.82, 2.24) is 15.2 Å². The van der Waals surface area contributed by atoms with Gasteiger partial charge in [0.25, 0.3) is 0 Å². The molecule has 2 aromatic rings. The lowest BCUT2D eigenvalue weighted by Gasteiger charge is -2.50. The first-order chi connectivity index (χ1) is 35.7. The summed E-state index contributed by atoms with van der Waals surface area (Å²) in [4.78, 5) is 39.5. The lowest BCUT2D eigenvalue weighted by atomic mass is 9.73. The quantitative estimate of drug-likeness (QED) is 0.0881. The number of aliphatic hydroxyl groups excluding tert-OH is 4. The smallest absolute Gasteiger partial charge is 0.311 e. The molecule has 1 aromatic carbocycles. The number of benzene rings is 1. The molecule has 0 bridgehead atoms. The standard InChI is InChI=1S/C56H89FN4O15/c1-16-42-56(11,68)49(65)33(5)45(60-71-15)30(2)26-55(10,70-14)51(34(6)48(35(7)52(67)74-42)75-44-27-54(9,69-13)50(66)36(8)73-44)76-53-47(64)41(25-32(4)72-53)61(12)24-23-43(62)59-40(28-57)46(63)38-21-19-37(20-22-38)39-18-17-31(3)58-29-39/h17-22,29-30,32-36,40-42,44,46-51,53,63-66,68H,16,23-28H2,1-15H3,(H,59,62)/b60-45+/t30-,32-,33+,34+,35-,36+,40-,41+,42-,44?,46?,47-,48+,49-,50+,51-,53+,54?,55?,56?/m1/s1. The molecule has 3 aliphatic rings. The number of likely N-dealkylation sites (N-methyl/N-ethyl adjacent to an activating group) is 1. The van der Waals surface area contributed by atoms with Crippen LogP contribution in [0.5, 0.6) is 0 Å². The minimum Gasteiger partial charge on any atom is -0.459 e. The molecule has 3 saturated heterocycles. The molecule has 5 unspecified atom stereocenters. The molecular weight excluding hydrogens is 988 g/mol. The Morgan fingerprint density at radius 3 is 2.14 bits per heavy atom. The number of nitrogens with zero attached hydrogens (tertiary/aromatic N) is 3. The zero-order valence-electron chi connectivity index (χ0n) is 47.3. The van der Waals surface area contributed by atoms with E-state index < -0.39 is 139 Å². The second kappa shape index (κ2) is 26.9. The number of halogens is 1. The second-order valence-corrected chi connectivity index (χ2v) is 22.3. The Morgan fingerprint density at radius 1 is 0.921 bits per heavy atom. The fourth-order valence-electron chi connectivity index (χ4n) is 11.5. The number of carbonyl (C=O) groups excluding carboxylic acids is 2. The molecule has 19 nitrogen and oxygen atoms in total. The summed E-state index contributed by atoms with van der Waals surface area (Å²) in [6.07, 6.45) is -9.66. The Kier molecular flexibility index (Phi) is 22.3. The van der Waals surface area contributed by atoms with Crippen molar-refractivity contribution < 1.29 is 77.5 Å². The topological polar surface area (TPSA) is 250 Å². The van der Waals surface area contributed by atoms with Gasteiger partial charge in [0.2, 0.25) is 5.91 Å². The van der Waals surface area contributed by atoms with Crippen LogP contribution in [-0.2, 0) is 47.6 Å². The van der Waals surface area contributed by atoms with Crippen LogP contribution in [0.3, 0.4) is 0 Å². The van der Waals surface area contributed by atoms with E-state index in [-0.39, 0.29) is 32.2 Å². The summed E-state index contributed by atoms with van der Waals surface area (Å²) >= 11 is 0. The normalized spacial score (nSPS) is 38.5. The number of esters is 1. The van der Waals surface area contributed by atoms with E-state index in [1.54, 1.807) is 60.0 Å². The number of pyridine rings is 1. The maximum atomic E-state index is 14.6. The number of aromatic nitrogens is 1. The molecule has 20 heteroatoms. The number of aryl methyl sites for hydroxylation is 1. The average Bonchev–Trinajstić information content (AvgIpc) is 3.40. The third kappa shape index (κ3) is 14.5. The van der Waals surface area contributed by atoms with Crippen molar-refractivity contribution in [2.75, 3.05) is 41.6 Å². The Bertz CT molecular complexity index is 2190. The Balaban J connectivity index is 1.44. The first kappa shape index (κ1) is 63.1. The van der Waals surface area contributed by atoms with Crippen LogP contribution >= 0.6 is 0 Å². The van der Waals surface area contributed by atoms with Crippen LogP contribution in [0.1, 0.15) is 119 Å². The number of hydrogen-bond acceptors (Lipinski definition) is 18. The third-order valence-corrected chi connectivity index (χ3v) is 16.5. The lowest BCUT2D eigenvalue weighted by molar-refractivity contribution is -0.319. The van der Waals surface area contributed by atoms with Gasteiger partial charge in [-0.15, -0.1) is 0 Å². The molecule has 430 valence electrons. The highest BCUT2D eigenvalue weighted by atomic mass is 19.1. The first-order valence-electron chi connectivity index (χ1n) is 26.8. The minimum atomic E-state index is -1.95. The van der Waals surface area contributed by atoms with E-state index >= 15 is 0 Å². The number of rotatable bonds is 17. The van der Waals surface area contributed by atoms with Crippen LogP contribution in [0.15, 0.2) is 47.8 Å². The number of amides is 1. The van der Waals surface area contributed by atoms with Crippen LogP contribution in [0.25, 0.3) is 11.1 Å². The highest BCUT2D eigenvalue weighted by Crippen LogP contribution is 2.42. The molecule has 5 rings (SSSR count). The van der Waals surface area contributed by atoms with Gasteiger partial charge in [-0.05, 0) is 92.0 Å². The maximum absolute atomic E-state index is 14.6. The number of carbonyl (C=O) groups is 2. The lowest BCUT2D eigenvalue weighted by Crippen LogP contribution is -2.61. The predicted octanol–water partition coefficient (Wildman–Crippen LogP) is 5.19. The number of hydrogen-bond donors (Lipinski definition) is 6. The molecule has 0 radical (unpaired) electrons. The number of methoxy groups -OCH3 is 2. The molecule has 1 aromatic heterocycles. The van der Waals surface area contributed by atoms with E-state index in [2.05, 4.69) is 15.5 Å². The summed E-state index contributed by atoms with van der Waals surface area (Å²) in [5.41, 5.74) is -0.908. The van der Waals surface area contributed by atoms with Gasteiger partial charge < -0.3 is 73.7 Å². The van der Waals surface area contributed by atoms with Gasteiger partial charge in [0.15, 0.2) is 12.6 Å². The maximum Gasteiger partial charge on any atom is 0.311 e. The van der Waals surface area contributed by atoms with Gasteiger partial charge in [0.05, 0.1) is 59.4 Å². The van der Waals surface area contributed by atoms with Crippen LogP contribution in [0.2, 0.25) is 0 Å². The second-order valence-electron chi connectivity index (χ2n) is 22.3. The zero-order valence-corrected chi connectivity index (χ0v) is 47.3. The molecule has 76 heavy (non-hydrogen) atoms. The van der Waals surface area contributed by atoms with Gasteiger partial charge in [-0.3, -0.25) is 14.6 Å². The molecule has 3 aliphatic heterocycles. The SMILES string of the molecule is CC[C@H]1OC(=O)[C@H](C)[C@@H](OC2CC(C)(OC)[C@@H](O)[C@H](C)O2)[C@H](C)[C@@H](O[C@@H]2O[C@H](C)C[C@H](N(C)CCC(=O)N[C@H](CF)C(O)c3ccc(-c4ccc(C)nc4)cc3)[C@H]2O)C(C)(OC)C[C@@H](C)/C(=N\OC)[C@H](C)[C@@H](O)C1(C)O. The molecule has 6 N–H and O–H groups in total. The Morgan fingerprint density at radius 2 is 1.57 bits per heavy atom. The fourth-order valence-corrected chi connectivity index (χ4v) is 11.5. The number of nitrogens with one attached hydrogen (secondary N) is 1. The highest BCUT2D eigenvalue weighted by molar-refractivity contribution is 5.89. The van der Waals surface area contributed by atoms with Crippen molar-refractivity contribution in [3.8, 4) is 11.1 Å². The van der Waals surface area contributed by atoms with E-state index in [9.17, 15) is 39.5 Å². The van der Waals surface area contributed by atoms with Gasteiger partial charge in [0.1, 0.15) is 43.8 Å². The van der Waals surface area contributed by atoms with E-state index in [0.717, 1.165) is 16.8 Å². The van der Waals surface area contributed by atoms with Crippen molar-refractivity contribution in [3.63, 3.8) is 0 Å². The third-order valence-electron chi connectivity index (χ3n) is 16.5. The summed E-state index contributed by atoms with van der Waals surface area (Å²) in [7, 11) is 6.14. The summed E-state index contributed by atoms with van der Waals surface area (Å²) < 4.78 is 59.5. The van der Waals surface area contributed by atoms with Crippen LogP contribution < -0.4 is 5.32 Å². The van der Waals surface area contributed by atoms with E-state index in [1.165, 1.54) is 28.3 Å². The zero-order chi connectivity index (χ0) is 56.6. The van der Waals surface area contributed by atoms with Gasteiger partial charge >= 0.3 is 5.97 Å². The minimum absolute atomic E-state index is 0.0708. The number of oxime groups is 1. The van der Waals surface area contributed by atoms with Gasteiger partial charge in [-0.1, -0.05) is 63.2 Å². The summed E-state index contributed by atoms with van der Waals surface area (Å²) in [5.74, 6) is -4.49. The largest absolute Gasteiger partial charge is 0.459 e. The van der Waals surface area contributed by atoms with Crippen molar-refractivity contribution in [1.29, 1.82) is 0 Å².